The van der Waals surface area contributed by atoms with Crippen molar-refractivity contribution in [3.05, 3.63) is 35.9 Å². The molecule has 1 aliphatic heterocycles. The fraction of sp³-hybridized carbons (Fsp3) is 0.625. The van der Waals surface area contributed by atoms with Gasteiger partial charge in [-0.3, -0.25) is 14.4 Å². The van der Waals surface area contributed by atoms with Crippen LogP contribution in [0.2, 0.25) is 0 Å². The van der Waals surface area contributed by atoms with Gasteiger partial charge in [0.25, 0.3) is 5.91 Å². The molecule has 1 aromatic carbocycles. The van der Waals surface area contributed by atoms with Crippen molar-refractivity contribution >= 4 is 17.7 Å². The van der Waals surface area contributed by atoms with E-state index in [2.05, 4.69) is 10.6 Å². The van der Waals surface area contributed by atoms with Gasteiger partial charge in [-0.1, -0.05) is 43.9 Å². The fourth-order valence-electron chi connectivity index (χ4n) is 5.54. The van der Waals surface area contributed by atoms with Crippen LogP contribution in [-0.4, -0.2) is 47.8 Å². The Balaban J connectivity index is 1.36. The van der Waals surface area contributed by atoms with E-state index in [1.807, 2.05) is 35.2 Å². The summed E-state index contributed by atoms with van der Waals surface area (Å²) in [7, 11) is 0. The standard InChI is InChI=1S/C24H33N3O3/c28-22(17-8-4-5-9-17)25-14-15-26-23(29)21-16-19-12-6-7-13-20(19)27(21)24(30)18-10-2-1-3-11-18/h1-3,10-11,17,19-21H,4-9,12-16H2,(H,25,28)(H,26,29). The van der Waals surface area contributed by atoms with Crippen LogP contribution in [0.1, 0.15) is 68.1 Å². The molecule has 4 rings (SSSR count). The lowest BCUT2D eigenvalue weighted by Gasteiger charge is -2.33. The number of fused-ring (bicyclic) bond motifs is 1. The van der Waals surface area contributed by atoms with Crippen LogP contribution < -0.4 is 10.6 Å². The molecule has 0 spiro atoms. The molecule has 2 aliphatic carbocycles. The van der Waals surface area contributed by atoms with E-state index >= 15 is 0 Å². The maximum absolute atomic E-state index is 13.3. The van der Waals surface area contributed by atoms with Gasteiger partial charge in [0, 0.05) is 30.6 Å². The summed E-state index contributed by atoms with van der Waals surface area (Å²) >= 11 is 0. The molecule has 1 aromatic rings. The Kier molecular flexibility index (Phi) is 6.70. The van der Waals surface area contributed by atoms with E-state index < -0.39 is 6.04 Å². The summed E-state index contributed by atoms with van der Waals surface area (Å²) in [5.41, 5.74) is 0.644. The van der Waals surface area contributed by atoms with Gasteiger partial charge in [0.1, 0.15) is 6.04 Å². The smallest absolute Gasteiger partial charge is 0.254 e. The highest BCUT2D eigenvalue weighted by Crippen LogP contribution is 2.40. The van der Waals surface area contributed by atoms with Crippen molar-refractivity contribution in [2.45, 2.75) is 69.9 Å². The van der Waals surface area contributed by atoms with Gasteiger partial charge in [-0.2, -0.15) is 0 Å². The van der Waals surface area contributed by atoms with Crippen LogP contribution in [0.4, 0.5) is 0 Å². The van der Waals surface area contributed by atoms with Gasteiger partial charge in [0.2, 0.25) is 11.8 Å². The number of carbonyl (C=O) groups is 3. The number of nitrogens with one attached hydrogen (secondary N) is 2. The van der Waals surface area contributed by atoms with Crippen molar-refractivity contribution in [3.63, 3.8) is 0 Å². The van der Waals surface area contributed by atoms with Gasteiger partial charge >= 0.3 is 0 Å². The molecule has 162 valence electrons. The zero-order chi connectivity index (χ0) is 20.9. The predicted molar refractivity (Wildman–Crippen MR) is 115 cm³/mol. The van der Waals surface area contributed by atoms with Crippen LogP contribution in [0.25, 0.3) is 0 Å². The van der Waals surface area contributed by atoms with Crippen molar-refractivity contribution in [1.29, 1.82) is 0 Å². The third-order valence-corrected chi connectivity index (χ3v) is 7.10. The average molecular weight is 412 g/mol. The first-order chi connectivity index (χ1) is 14.6. The number of rotatable bonds is 6. The minimum Gasteiger partial charge on any atom is -0.354 e. The van der Waals surface area contributed by atoms with Crippen molar-refractivity contribution in [3.8, 4) is 0 Å². The third kappa shape index (κ3) is 4.52. The summed E-state index contributed by atoms with van der Waals surface area (Å²) in [4.78, 5) is 40.3. The predicted octanol–water partition coefficient (Wildman–Crippen LogP) is 2.88. The summed E-state index contributed by atoms with van der Waals surface area (Å²) in [6.07, 6.45) is 9.29. The van der Waals surface area contributed by atoms with E-state index in [0.29, 0.717) is 24.6 Å². The summed E-state index contributed by atoms with van der Waals surface area (Å²) in [5, 5.41) is 5.92. The molecule has 0 radical (unpaired) electrons. The zero-order valence-corrected chi connectivity index (χ0v) is 17.6. The molecule has 3 atom stereocenters. The summed E-state index contributed by atoms with van der Waals surface area (Å²) in [6, 6.07) is 9.01. The van der Waals surface area contributed by atoms with E-state index in [-0.39, 0.29) is 29.7 Å². The Morgan fingerprint density at radius 2 is 1.47 bits per heavy atom. The third-order valence-electron chi connectivity index (χ3n) is 7.10. The second-order valence-electron chi connectivity index (χ2n) is 9.01. The van der Waals surface area contributed by atoms with Gasteiger partial charge in [-0.25, -0.2) is 0 Å². The molecule has 1 saturated heterocycles. The Morgan fingerprint density at radius 1 is 0.833 bits per heavy atom. The second-order valence-corrected chi connectivity index (χ2v) is 9.01. The SMILES string of the molecule is O=C(NCCNC(=O)C1CC2CCCCC2N1C(=O)c1ccccc1)C1CCCC1. The van der Waals surface area contributed by atoms with Crippen LogP contribution >= 0.6 is 0 Å². The number of benzene rings is 1. The second kappa shape index (κ2) is 9.63. The number of carbonyl (C=O) groups excluding carboxylic acids is 3. The lowest BCUT2D eigenvalue weighted by Crippen LogP contribution is -2.50. The monoisotopic (exact) mass is 411 g/mol. The Morgan fingerprint density at radius 3 is 2.20 bits per heavy atom. The van der Waals surface area contributed by atoms with Crippen LogP contribution in [0, 0.1) is 11.8 Å². The zero-order valence-electron chi connectivity index (χ0n) is 17.6. The molecule has 30 heavy (non-hydrogen) atoms. The number of nitrogens with zero attached hydrogens (tertiary/aromatic N) is 1. The molecule has 2 saturated carbocycles. The molecule has 0 bridgehead atoms. The number of hydrogen-bond acceptors (Lipinski definition) is 3. The van der Waals surface area contributed by atoms with Crippen LogP contribution in [-0.2, 0) is 9.59 Å². The topological polar surface area (TPSA) is 78.5 Å². The largest absolute Gasteiger partial charge is 0.354 e. The molecule has 1 heterocycles. The summed E-state index contributed by atoms with van der Waals surface area (Å²) < 4.78 is 0. The number of hydrogen-bond donors (Lipinski definition) is 2. The maximum Gasteiger partial charge on any atom is 0.254 e. The minimum atomic E-state index is -0.420. The Hall–Kier alpha value is -2.37. The highest BCUT2D eigenvalue weighted by atomic mass is 16.2. The van der Waals surface area contributed by atoms with Gasteiger partial charge in [-0.15, -0.1) is 0 Å². The van der Waals surface area contributed by atoms with Crippen LogP contribution in [0.5, 0.6) is 0 Å². The molecule has 3 fully saturated rings. The lowest BCUT2D eigenvalue weighted by atomic mass is 9.84. The van der Waals surface area contributed by atoms with Crippen molar-refractivity contribution in [2.75, 3.05) is 13.1 Å². The van der Waals surface area contributed by atoms with Crippen molar-refractivity contribution in [2.24, 2.45) is 11.8 Å². The molecule has 6 heteroatoms. The first kappa shape index (κ1) is 20.9. The first-order valence-corrected chi connectivity index (χ1v) is 11.6. The van der Waals surface area contributed by atoms with E-state index in [9.17, 15) is 14.4 Å². The highest BCUT2D eigenvalue weighted by molar-refractivity contribution is 5.98. The molecular formula is C24H33N3O3. The molecule has 3 unspecified atom stereocenters. The van der Waals surface area contributed by atoms with E-state index in [1.54, 1.807) is 0 Å². The molecule has 3 aliphatic rings. The average Bonchev–Trinajstić information content (AvgIpc) is 3.45. The molecule has 6 nitrogen and oxygen atoms in total. The number of amides is 3. The molecule has 3 amide bonds. The van der Waals surface area contributed by atoms with Gasteiger partial charge < -0.3 is 15.5 Å². The first-order valence-electron chi connectivity index (χ1n) is 11.6. The van der Waals surface area contributed by atoms with Crippen molar-refractivity contribution < 1.29 is 14.4 Å². The quantitative estimate of drug-likeness (QED) is 0.707. The van der Waals surface area contributed by atoms with E-state index in [1.165, 1.54) is 6.42 Å². The summed E-state index contributed by atoms with van der Waals surface area (Å²) in [6.45, 7) is 0.837. The Bertz CT molecular complexity index is 760. The normalized spacial score (nSPS) is 26.3. The van der Waals surface area contributed by atoms with Crippen LogP contribution in [0.3, 0.4) is 0 Å². The summed E-state index contributed by atoms with van der Waals surface area (Å²) in [5.74, 6) is 0.514. The van der Waals surface area contributed by atoms with Gasteiger partial charge in [0.05, 0.1) is 0 Å². The van der Waals surface area contributed by atoms with Gasteiger partial charge in [-0.05, 0) is 50.2 Å². The van der Waals surface area contributed by atoms with Crippen molar-refractivity contribution in [1.82, 2.24) is 15.5 Å². The Labute approximate surface area is 178 Å². The molecule has 2 N–H and O–H groups in total. The van der Waals surface area contributed by atoms with Gasteiger partial charge in [0.15, 0.2) is 0 Å². The number of likely N-dealkylation sites (tertiary alicyclic amines) is 1. The fourth-order valence-corrected chi connectivity index (χ4v) is 5.54. The lowest BCUT2D eigenvalue weighted by molar-refractivity contribution is -0.126. The van der Waals surface area contributed by atoms with E-state index in [0.717, 1.165) is 51.4 Å². The van der Waals surface area contributed by atoms with E-state index in [4.69, 9.17) is 0 Å². The van der Waals surface area contributed by atoms with Crippen LogP contribution in [0.15, 0.2) is 30.3 Å². The highest BCUT2D eigenvalue weighted by Gasteiger charge is 2.47. The molecular weight excluding hydrogens is 378 g/mol. The minimum absolute atomic E-state index is 0.0420. The maximum atomic E-state index is 13.3. The molecule has 0 aromatic heterocycles.